The number of nitrogens with two attached hydrogens (primary N) is 1. The Labute approximate surface area is 529 Å². The Morgan fingerprint density at radius 1 is 0.967 bits per heavy atom. The van der Waals surface area contributed by atoms with Gasteiger partial charge in [-0.3, -0.25) is 42.9 Å². The number of aliphatic hydroxyl groups is 1. The van der Waals surface area contributed by atoms with E-state index in [-0.39, 0.29) is 96.9 Å². The van der Waals surface area contributed by atoms with Crippen molar-refractivity contribution in [1.29, 1.82) is 0 Å². The number of aromatic amines is 1. The number of nitrogens with one attached hydrogen (secondary N) is 4. The molecule has 3 fully saturated rings. The summed E-state index contributed by atoms with van der Waals surface area (Å²) in [5.41, 5.74) is 9.63. The highest BCUT2D eigenvalue weighted by molar-refractivity contribution is 7.70. The molecule has 28 heteroatoms. The quantitative estimate of drug-likeness (QED) is 0.0276. The first-order valence-electron chi connectivity index (χ1n) is 29.9. The molecule has 4 aliphatic rings. The van der Waals surface area contributed by atoms with Gasteiger partial charge < -0.3 is 61.0 Å². The summed E-state index contributed by atoms with van der Waals surface area (Å²) in [6.45, 7) is 10.9. The van der Waals surface area contributed by atoms with Crippen LogP contribution in [0.25, 0.3) is 21.3 Å². The molecule has 2 aromatic heterocycles. The Morgan fingerprint density at radius 2 is 1.70 bits per heavy atom. The number of quaternary nitrogens is 1. The van der Waals surface area contributed by atoms with Crippen LogP contribution in [-0.2, 0) is 39.8 Å². The number of carbonyl (C=O) groups excluding carboxylic acids is 8. The summed E-state index contributed by atoms with van der Waals surface area (Å²) < 4.78 is 17.7. The van der Waals surface area contributed by atoms with Crippen LogP contribution in [0.3, 0.4) is 0 Å². The molecule has 0 aliphatic carbocycles. The highest BCUT2D eigenvalue weighted by Gasteiger charge is 2.54. The number of primary amides is 1. The van der Waals surface area contributed by atoms with Crippen molar-refractivity contribution in [2.24, 2.45) is 21.5 Å². The molecular weight excluding hydrogens is 1220 g/mol. The number of aliphatic hydroxyl groups excluding tert-OH is 1. The Bertz CT molecular complexity index is 3710. The second-order valence-corrected chi connectivity index (χ2v) is 27.6. The maximum absolute atomic E-state index is 14.8. The number of carbonyl (C=O) groups is 8. The number of amides is 7. The first-order chi connectivity index (χ1) is 42.5. The predicted molar refractivity (Wildman–Crippen MR) is 334 cm³/mol. The zero-order valence-electron chi connectivity index (χ0n) is 51.2. The number of aromatic nitrogens is 2. The van der Waals surface area contributed by atoms with Crippen LogP contribution in [0.15, 0.2) is 94.5 Å². The van der Waals surface area contributed by atoms with Gasteiger partial charge in [0.2, 0.25) is 35.6 Å². The number of nitrogens with zero attached hydrogens (tertiary/aromatic N) is 7. The summed E-state index contributed by atoms with van der Waals surface area (Å²) >= 11 is 8.57. The minimum absolute atomic E-state index is 0.0148. The summed E-state index contributed by atoms with van der Waals surface area (Å²) in [5, 5.41) is 29.5. The number of allylic oxidation sites excluding steroid dienone is 1. The molecule has 7 amide bonds. The Kier molecular flexibility index (Phi) is 20.3. The molecule has 90 heavy (non-hydrogen) atoms. The second kappa shape index (κ2) is 27.4. The molecule has 6 heterocycles. The molecule has 0 bridgehead atoms. The zero-order chi connectivity index (χ0) is 65.1. The number of H-pyrrole nitrogens is 1. The van der Waals surface area contributed by atoms with Crippen LogP contribution in [0.5, 0.6) is 5.75 Å². The molecular formula is C62H77ClN12O13PS+. The van der Waals surface area contributed by atoms with E-state index in [1.54, 1.807) is 36.0 Å². The summed E-state index contributed by atoms with van der Waals surface area (Å²) in [6.07, 6.45) is 3.54. The normalized spacial score (nSPS) is 22.1. The van der Waals surface area contributed by atoms with Crippen molar-refractivity contribution in [2.45, 2.75) is 148 Å². The zero-order valence-corrected chi connectivity index (χ0v) is 53.6. The van der Waals surface area contributed by atoms with Gasteiger partial charge >= 0.3 is 7.60 Å². The van der Waals surface area contributed by atoms with E-state index in [0.29, 0.717) is 54.1 Å². The van der Waals surface area contributed by atoms with Crippen molar-refractivity contribution in [3.8, 4) is 16.2 Å². The van der Waals surface area contributed by atoms with E-state index in [9.17, 15) is 57.8 Å². The van der Waals surface area contributed by atoms with Crippen LogP contribution < -0.4 is 26.4 Å². The lowest BCUT2D eigenvalue weighted by Gasteiger charge is -2.39. The van der Waals surface area contributed by atoms with Crippen LogP contribution in [-0.4, -0.2) is 167 Å². The van der Waals surface area contributed by atoms with Gasteiger partial charge in [0.25, 0.3) is 17.3 Å². The Hall–Kier alpha value is -7.71. The second-order valence-electron chi connectivity index (χ2n) is 24.9. The number of thiazole rings is 1. The van der Waals surface area contributed by atoms with Gasteiger partial charge in [0.15, 0.2) is 0 Å². The molecule has 480 valence electrons. The monoisotopic (exact) mass is 1300 g/mol. The van der Waals surface area contributed by atoms with Crippen molar-refractivity contribution in [3.63, 3.8) is 0 Å². The van der Waals surface area contributed by atoms with Crippen molar-refractivity contribution in [1.82, 2.24) is 40.6 Å². The lowest BCUT2D eigenvalue weighted by atomic mass is 9.84. The van der Waals surface area contributed by atoms with Crippen molar-refractivity contribution in [2.75, 3.05) is 33.3 Å². The minimum Gasteiger partial charge on any atom is -0.490 e. The molecule has 3 saturated heterocycles. The summed E-state index contributed by atoms with van der Waals surface area (Å²) in [5.74, 6) is -3.23. The third-order valence-corrected chi connectivity index (χ3v) is 19.3. The molecule has 0 saturated carbocycles. The molecule has 4 aliphatic heterocycles. The first-order valence-corrected chi connectivity index (χ1v) is 32.8. The lowest BCUT2D eigenvalue weighted by Crippen LogP contribution is -2.61. The molecule has 0 radical (unpaired) electrons. The Balaban J connectivity index is 0.818. The predicted octanol–water partition coefficient (Wildman–Crippen LogP) is 6.36. The third-order valence-electron chi connectivity index (χ3n) is 17.1. The van der Waals surface area contributed by atoms with Gasteiger partial charge in [0.05, 0.1) is 46.3 Å². The van der Waals surface area contributed by atoms with E-state index in [4.69, 9.17) is 22.1 Å². The summed E-state index contributed by atoms with van der Waals surface area (Å²) in [6, 6.07) is 12.7. The third kappa shape index (κ3) is 15.2. The number of hydrogen-bond acceptors (Lipinski definition) is 15. The van der Waals surface area contributed by atoms with Gasteiger partial charge in [-0.1, -0.05) is 73.9 Å². The molecule has 5 aromatic rings. The number of likely N-dealkylation sites (tertiary alicyclic amines) is 1. The SMILES string of the molecule is CC(=O)N1CC[C@H]2CC[C@@H](C(=O)N[C@@H](CCC(N)=O)COc3cccc(CCCC4=C[N+](C)([C@H](C(=O)N5C[C@H](O)C[C@H]5C(=O)N[C@@H](C)c5ccc(-c6scnc6C)cc5)C(C)(C)C)N=N4)c3Cl)N2C(=O)[C@@H](NC(=O)c2cc3cc(C(=O)P(=O)(O)O)ccc3[nH]2)C1. The number of hydrogen-bond donors (Lipinski definition) is 8. The largest absolute Gasteiger partial charge is 0.490 e. The van der Waals surface area contributed by atoms with Crippen molar-refractivity contribution >= 4 is 88.3 Å². The number of β-amino-alcohol motifs (C(OH)–C–C–N with tert-alkyl or cyclic N) is 1. The number of ether oxygens (including phenoxy) is 1. The fourth-order valence-electron chi connectivity index (χ4n) is 12.6. The lowest BCUT2D eigenvalue weighted by molar-refractivity contribution is -0.891. The van der Waals surface area contributed by atoms with Crippen LogP contribution >= 0.6 is 30.5 Å². The molecule has 9 N–H and O–H groups in total. The van der Waals surface area contributed by atoms with Crippen LogP contribution in [0.4, 0.5) is 0 Å². The summed E-state index contributed by atoms with van der Waals surface area (Å²) in [7, 11) is -3.30. The fourth-order valence-corrected chi connectivity index (χ4v) is 14.2. The molecule has 3 aromatic carbocycles. The molecule has 9 rings (SSSR count). The van der Waals surface area contributed by atoms with E-state index in [1.165, 1.54) is 45.9 Å². The standard InChI is InChI=1S/C62H76ClN12O13PS/c1-34(37-14-16-39(17-15-37)54-35(2)65-33-90-54)66-58(81)50-28-45(77)29-73(50)60(83)55(62(4,5)6)75(7)31-42(70-71-75)12-8-10-38-11-9-13-51(53(38)63)88-32-43(19-23-52(64)78)67-57(80)49-22-20-44-24-25-72(36(3)76)30-48(59(82)74(44)49)69-56(79)47-27-41-26-40(18-21-46(41)68-47)61(84)89(85,86)87/h9,11,13-18,21,26-27,31,33-34,43-45,48-50,55,77H,8,10,12,19-20,22-25,28-30,32H2,1-7H3,(H7-,64,66,67,68,69,78,79,80,81,84,85,86,87)/p+1/t34-,43-,44+,45+,48-,49-,50-,55+,75?/m0/s1. The molecule has 9 atom stereocenters. The van der Waals surface area contributed by atoms with Gasteiger partial charge in [-0.05, 0) is 106 Å². The van der Waals surface area contributed by atoms with E-state index in [0.717, 1.165) is 27.3 Å². The number of fused-ring (bicyclic) bond motifs is 2. The highest BCUT2D eigenvalue weighted by atomic mass is 35.5. The van der Waals surface area contributed by atoms with Gasteiger partial charge in [-0.15, -0.1) is 15.9 Å². The van der Waals surface area contributed by atoms with Gasteiger partial charge in [0, 0.05) is 72.5 Å². The van der Waals surface area contributed by atoms with Crippen LogP contribution in [0.2, 0.25) is 5.02 Å². The van der Waals surface area contributed by atoms with Gasteiger partial charge in [-0.25, -0.2) is 4.98 Å². The topological polar surface area (TPSA) is 349 Å². The minimum atomic E-state index is -5.09. The maximum Gasteiger partial charge on any atom is 0.396 e. The van der Waals surface area contributed by atoms with E-state index >= 15 is 0 Å². The number of likely N-dealkylation sites (N-methyl/N-ethyl adjacent to an activating group) is 1. The number of rotatable bonds is 22. The average Bonchev–Trinajstić information content (AvgIpc) is 1.56. The number of halogens is 1. The van der Waals surface area contributed by atoms with E-state index in [2.05, 4.69) is 36.3 Å². The van der Waals surface area contributed by atoms with E-state index in [1.807, 2.05) is 71.2 Å². The maximum atomic E-state index is 14.8. The molecule has 1 unspecified atom stereocenters. The van der Waals surface area contributed by atoms with E-state index < -0.39 is 84.5 Å². The van der Waals surface area contributed by atoms with Crippen molar-refractivity contribution < 1.29 is 67.1 Å². The summed E-state index contributed by atoms with van der Waals surface area (Å²) in [4.78, 5) is 141. The number of aryl methyl sites for hydroxylation is 2. The molecule has 0 spiro atoms. The highest BCUT2D eigenvalue weighted by Crippen LogP contribution is 2.41. The fraction of sp³-hybridized carbons (Fsp3) is 0.468. The number of benzene rings is 3. The van der Waals surface area contributed by atoms with Crippen LogP contribution in [0, 0.1) is 12.3 Å². The van der Waals surface area contributed by atoms with Gasteiger partial charge in [0.1, 0.15) is 48.1 Å². The van der Waals surface area contributed by atoms with Gasteiger partial charge in [-0.2, -0.15) is 0 Å². The molecule has 25 nitrogen and oxygen atoms in total. The average molecular weight is 1300 g/mol. The first kappa shape index (κ1) is 66.7. The van der Waals surface area contributed by atoms with Crippen LogP contribution in [0.1, 0.15) is 130 Å². The Morgan fingerprint density at radius 3 is 2.38 bits per heavy atom. The smallest absolute Gasteiger partial charge is 0.396 e. The van der Waals surface area contributed by atoms with Crippen molar-refractivity contribution in [3.05, 3.63) is 117 Å².